The molecule has 0 saturated carbocycles. The van der Waals surface area contributed by atoms with Crippen LogP contribution in [0.5, 0.6) is 5.75 Å². The largest absolute Gasteiger partial charge is 0.507 e. The van der Waals surface area contributed by atoms with E-state index in [-0.39, 0.29) is 23.3 Å². The van der Waals surface area contributed by atoms with Crippen molar-refractivity contribution in [3.63, 3.8) is 0 Å². The van der Waals surface area contributed by atoms with Gasteiger partial charge in [-0.15, -0.1) is 5.10 Å². The van der Waals surface area contributed by atoms with Crippen molar-refractivity contribution in [2.45, 2.75) is 19.4 Å². The molecule has 1 atom stereocenters. The van der Waals surface area contributed by atoms with Gasteiger partial charge < -0.3 is 10.4 Å². The minimum Gasteiger partial charge on any atom is -0.507 e. The number of benzene rings is 1. The van der Waals surface area contributed by atoms with E-state index in [4.69, 9.17) is 0 Å². The van der Waals surface area contributed by atoms with Crippen LogP contribution in [0.1, 0.15) is 22.8 Å². The lowest BCUT2D eigenvalue weighted by Gasteiger charge is -2.15. The van der Waals surface area contributed by atoms with Gasteiger partial charge in [0.1, 0.15) is 12.1 Å². The van der Waals surface area contributed by atoms with Gasteiger partial charge in [-0.3, -0.25) is 9.78 Å². The van der Waals surface area contributed by atoms with E-state index in [1.807, 2.05) is 19.1 Å². The van der Waals surface area contributed by atoms with Gasteiger partial charge in [0.25, 0.3) is 5.91 Å². The molecule has 3 aromatic rings. The highest BCUT2D eigenvalue weighted by Gasteiger charge is 2.15. The zero-order chi connectivity index (χ0) is 16.9. The van der Waals surface area contributed by atoms with Gasteiger partial charge in [-0.25, -0.2) is 4.68 Å². The maximum Gasteiger partial charge on any atom is 0.255 e. The van der Waals surface area contributed by atoms with Crippen molar-refractivity contribution in [2.24, 2.45) is 0 Å². The van der Waals surface area contributed by atoms with Crippen LogP contribution in [0.25, 0.3) is 5.69 Å². The molecule has 1 aromatic carbocycles. The average molecular weight is 324 g/mol. The Morgan fingerprint density at radius 2 is 2.25 bits per heavy atom. The number of nitrogens with one attached hydrogen (secondary N) is 1. The molecule has 0 aliphatic carbocycles. The molecular formula is C16H16N6O2. The number of pyridine rings is 1. The molecule has 0 aliphatic heterocycles. The number of phenols is 1. The first-order valence-electron chi connectivity index (χ1n) is 7.39. The molecule has 2 aromatic heterocycles. The summed E-state index contributed by atoms with van der Waals surface area (Å²) in [7, 11) is 0. The Morgan fingerprint density at radius 3 is 2.96 bits per heavy atom. The first-order valence-corrected chi connectivity index (χ1v) is 7.39. The molecule has 122 valence electrons. The zero-order valence-electron chi connectivity index (χ0n) is 13.0. The number of rotatable bonds is 5. The molecule has 0 spiro atoms. The van der Waals surface area contributed by atoms with Crippen molar-refractivity contribution >= 4 is 5.91 Å². The molecule has 0 unspecified atom stereocenters. The lowest BCUT2D eigenvalue weighted by atomic mass is 10.1. The summed E-state index contributed by atoms with van der Waals surface area (Å²) in [5.74, 6) is -0.461. The summed E-state index contributed by atoms with van der Waals surface area (Å²) in [6.45, 7) is 1.90. The Balaban J connectivity index is 1.73. The normalized spacial score (nSPS) is 11.9. The van der Waals surface area contributed by atoms with Gasteiger partial charge in [-0.05, 0) is 53.6 Å². The minimum atomic E-state index is -0.362. The monoisotopic (exact) mass is 324 g/mol. The van der Waals surface area contributed by atoms with Gasteiger partial charge in [0, 0.05) is 18.4 Å². The molecule has 2 N–H and O–H groups in total. The fraction of sp³-hybridized carbons (Fsp3) is 0.188. The molecule has 8 nitrogen and oxygen atoms in total. The highest BCUT2D eigenvalue weighted by atomic mass is 16.3. The number of hydrogen-bond acceptors (Lipinski definition) is 6. The molecule has 0 saturated heterocycles. The third-order valence-electron chi connectivity index (χ3n) is 3.48. The molecule has 8 heteroatoms. The lowest BCUT2D eigenvalue weighted by molar-refractivity contribution is 0.0937. The van der Waals surface area contributed by atoms with Crippen molar-refractivity contribution in [3.8, 4) is 11.4 Å². The van der Waals surface area contributed by atoms with E-state index in [1.165, 1.54) is 23.1 Å². The second-order valence-corrected chi connectivity index (χ2v) is 5.40. The molecule has 0 fully saturated rings. The highest BCUT2D eigenvalue weighted by Crippen LogP contribution is 2.20. The summed E-state index contributed by atoms with van der Waals surface area (Å²) in [6.07, 6.45) is 5.53. The molecule has 0 bridgehead atoms. The lowest BCUT2D eigenvalue weighted by Crippen LogP contribution is -2.34. The van der Waals surface area contributed by atoms with Crippen LogP contribution in [0.15, 0.2) is 49.1 Å². The maximum absolute atomic E-state index is 12.4. The number of carbonyl (C=O) groups excluding carboxylic acids is 1. The first-order chi connectivity index (χ1) is 11.6. The molecule has 0 radical (unpaired) electrons. The molecule has 2 heterocycles. The van der Waals surface area contributed by atoms with Crippen LogP contribution in [0, 0.1) is 0 Å². The summed E-state index contributed by atoms with van der Waals surface area (Å²) in [4.78, 5) is 16.5. The number of aromatic hydroxyl groups is 1. The predicted molar refractivity (Wildman–Crippen MR) is 85.7 cm³/mol. The summed E-state index contributed by atoms with van der Waals surface area (Å²) in [6, 6.07) is 8.30. The summed E-state index contributed by atoms with van der Waals surface area (Å²) in [5, 5.41) is 23.7. The summed E-state index contributed by atoms with van der Waals surface area (Å²) >= 11 is 0. The number of tetrazole rings is 1. The number of hydrogen-bond donors (Lipinski definition) is 2. The number of nitrogens with zero attached hydrogens (tertiary/aromatic N) is 5. The van der Waals surface area contributed by atoms with E-state index in [0.717, 1.165) is 5.56 Å². The maximum atomic E-state index is 12.4. The van der Waals surface area contributed by atoms with Gasteiger partial charge in [0.05, 0.1) is 11.3 Å². The van der Waals surface area contributed by atoms with Crippen LogP contribution in [0.4, 0.5) is 0 Å². The molecule has 3 rings (SSSR count). The van der Waals surface area contributed by atoms with Crippen LogP contribution >= 0.6 is 0 Å². The second-order valence-electron chi connectivity index (χ2n) is 5.40. The van der Waals surface area contributed by atoms with E-state index in [9.17, 15) is 9.90 Å². The van der Waals surface area contributed by atoms with E-state index < -0.39 is 0 Å². The van der Waals surface area contributed by atoms with Crippen LogP contribution < -0.4 is 5.32 Å². The minimum absolute atomic E-state index is 0.0992. The Hall–Kier alpha value is -3.29. The Labute approximate surface area is 138 Å². The molecule has 1 amide bonds. The van der Waals surface area contributed by atoms with E-state index in [0.29, 0.717) is 12.1 Å². The van der Waals surface area contributed by atoms with Crippen molar-refractivity contribution in [1.82, 2.24) is 30.5 Å². The fourth-order valence-electron chi connectivity index (χ4n) is 2.35. The van der Waals surface area contributed by atoms with Crippen molar-refractivity contribution in [1.29, 1.82) is 0 Å². The standard InChI is InChI=1S/C16H16N6O2/c1-11(7-12-3-2-6-17-9-12)19-16(24)14-8-13(4-5-15(14)23)22-10-18-20-21-22/h2-6,8-11,23H,7H2,1H3,(H,19,24)/t11-/m1/s1. The summed E-state index contributed by atoms with van der Waals surface area (Å²) < 4.78 is 1.41. The van der Waals surface area contributed by atoms with Crippen LogP contribution in [0.3, 0.4) is 0 Å². The van der Waals surface area contributed by atoms with E-state index in [1.54, 1.807) is 18.5 Å². The van der Waals surface area contributed by atoms with Gasteiger partial charge >= 0.3 is 0 Å². The van der Waals surface area contributed by atoms with Crippen LogP contribution in [0.2, 0.25) is 0 Å². The first kappa shape index (κ1) is 15.6. The molecule has 24 heavy (non-hydrogen) atoms. The Morgan fingerprint density at radius 1 is 1.38 bits per heavy atom. The average Bonchev–Trinajstić information content (AvgIpc) is 3.10. The Kier molecular flexibility index (Phi) is 4.46. The highest BCUT2D eigenvalue weighted by molar-refractivity contribution is 5.97. The molecular weight excluding hydrogens is 308 g/mol. The smallest absolute Gasteiger partial charge is 0.255 e. The quantitative estimate of drug-likeness (QED) is 0.728. The number of phenolic OH excluding ortho intramolecular Hbond substituents is 1. The van der Waals surface area contributed by atoms with Crippen molar-refractivity contribution in [3.05, 3.63) is 60.2 Å². The number of aromatic nitrogens is 5. The Bertz CT molecular complexity index is 820. The number of carbonyl (C=O) groups is 1. The summed E-state index contributed by atoms with van der Waals surface area (Å²) in [5.41, 5.74) is 1.78. The van der Waals surface area contributed by atoms with Crippen LogP contribution in [-0.2, 0) is 6.42 Å². The second kappa shape index (κ2) is 6.86. The SMILES string of the molecule is C[C@H](Cc1cccnc1)NC(=O)c1cc(-n2cnnn2)ccc1O. The van der Waals surface area contributed by atoms with Gasteiger partial charge in [0.15, 0.2) is 0 Å². The van der Waals surface area contributed by atoms with Crippen molar-refractivity contribution in [2.75, 3.05) is 0 Å². The topological polar surface area (TPSA) is 106 Å². The van der Waals surface area contributed by atoms with Crippen LogP contribution in [-0.4, -0.2) is 42.2 Å². The number of amides is 1. The fourth-order valence-corrected chi connectivity index (χ4v) is 2.35. The van der Waals surface area contributed by atoms with E-state index >= 15 is 0 Å². The van der Waals surface area contributed by atoms with Crippen molar-refractivity contribution < 1.29 is 9.90 Å². The van der Waals surface area contributed by atoms with Gasteiger partial charge in [0.2, 0.25) is 0 Å². The molecule has 0 aliphatic rings. The van der Waals surface area contributed by atoms with Gasteiger partial charge in [-0.2, -0.15) is 0 Å². The zero-order valence-corrected chi connectivity index (χ0v) is 13.0. The third-order valence-corrected chi connectivity index (χ3v) is 3.48. The van der Waals surface area contributed by atoms with Gasteiger partial charge in [-0.1, -0.05) is 6.07 Å². The third kappa shape index (κ3) is 3.54. The van der Waals surface area contributed by atoms with E-state index in [2.05, 4.69) is 25.8 Å². The predicted octanol–water partition coefficient (Wildman–Crippen LogP) is 1.12.